The summed E-state index contributed by atoms with van der Waals surface area (Å²) in [5, 5.41) is 14.1. The monoisotopic (exact) mass is 561 g/mol. The van der Waals surface area contributed by atoms with E-state index in [0.717, 1.165) is 81.5 Å². The van der Waals surface area contributed by atoms with E-state index in [1.54, 1.807) is 6.20 Å². The van der Waals surface area contributed by atoms with Crippen molar-refractivity contribution >= 4 is 17.2 Å². The zero-order chi connectivity index (χ0) is 28.1. The van der Waals surface area contributed by atoms with Gasteiger partial charge in [-0.2, -0.15) is 13.2 Å². The average molecular weight is 562 g/mol. The maximum atomic E-state index is 13.3. The summed E-state index contributed by atoms with van der Waals surface area (Å²) in [4.78, 5) is 19.5. The maximum absolute atomic E-state index is 13.3. The van der Waals surface area contributed by atoms with E-state index in [2.05, 4.69) is 20.1 Å². The lowest BCUT2D eigenvalue weighted by molar-refractivity contribution is -0.388. The summed E-state index contributed by atoms with van der Waals surface area (Å²) in [7, 11) is 0. The number of ether oxygens (including phenoxy) is 1. The maximum Gasteiger partial charge on any atom is 0.423 e. The van der Waals surface area contributed by atoms with Crippen LogP contribution in [0.5, 0.6) is 5.75 Å². The summed E-state index contributed by atoms with van der Waals surface area (Å²) in [6, 6.07) is 6.94. The highest BCUT2D eigenvalue weighted by molar-refractivity contribution is 5.55. The molecule has 1 N–H and O–H groups in total. The summed E-state index contributed by atoms with van der Waals surface area (Å²) < 4.78 is 46.2. The molecule has 218 valence electrons. The van der Waals surface area contributed by atoms with E-state index in [-0.39, 0.29) is 17.8 Å². The van der Waals surface area contributed by atoms with Crippen molar-refractivity contribution in [2.75, 3.05) is 42.9 Å². The number of nitrogens with zero attached hydrogens (tertiary/aromatic N) is 4. The zero-order valence-corrected chi connectivity index (χ0v) is 22.7. The average Bonchev–Trinajstić information content (AvgIpc) is 3.47. The predicted octanol–water partition coefficient (Wildman–Crippen LogP) is 6.51. The number of halogens is 3. The van der Waals surface area contributed by atoms with Crippen LogP contribution >= 0.6 is 0 Å². The van der Waals surface area contributed by atoms with Gasteiger partial charge in [-0.25, -0.2) is 4.98 Å². The summed E-state index contributed by atoms with van der Waals surface area (Å²) in [5.41, 5.74) is -1.94. The number of nitrogens with one attached hydrogen (secondary N) is 1. The van der Waals surface area contributed by atoms with Gasteiger partial charge in [0.05, 0.1) is 11.0 Å². The van der Waals surface area contributed by atoms with Gasteiger partial charge in [0, 0.05) is 56.2 Å². The SMILES string of the molecule is O=[N+]([O-])c1ccc(NC2CCC(Oc3ccnc(N4CCN(CCC5CCCC5)CC4)c3)CC2)cc1C(F)(F)F. The van der Waals surface area contributed by atoms with Crippen molar-refractivity contribution in [1.29, 1.82) is 0 Å². The molecule has 5 rings (SSSR count). The van der Waals surface area contributed by atoms with Crippen LogP contribution in [-0.2, 0) is 6.18 Å². The van der Waals surface area contributed by atoms with Crippen LogP contribution in [0.2, 0.25) is 0 Å². The molecule has 2 aromatic rings. The van der Waals surface area contributed by atoms with Crippen LogP contribution in [0, 0.1) is 16.0 Å². The van der Waals surface area contributed by atoms with Crippen LogP contribution in [0.1, 0.15) is 63.4 Å². The van der Waals surface area contributed by atoms with E-state index in [1.807, 2.05) is 12.1 Å². The molecule has 3 fully saturated rings. The lowest BCUT2D eigenvalue weighted by Crippen LogP contribution is -2.47. The summed E-state index contributed by atoms with van der Waals surface area (Å²) in [6.07, 6.45) is 6.90. The lowest BCUT2D eigenvalue weighted by Gasteiger charge is -2.36. The molecular formula is C29H38F3N5O3. The molecule has 3 aliphatic rings. The molecule has 0 unspecified atom stereocenters. The first-order valence-corrected chi connectivity index (χ1v) is 14.5. The van der Waals surface area contributed by atoms with Crippen LogP contribution in [0.15, 0.2) is 36.5 Å². The topological polar surface area (TPSA) is 83.8 Å². The largest absolute Gasteiger partial charge is 0.490 e. The fourth-order valence-electron chi connectivity index (χ4n) is 6.28. The second kappa shape index (κ2) is 12.6. The Morgan fingerprint density at radius 2 is 1.73 bits per heavy atom. The van der Waals surface area contributed by atoms with Crippen LogP contribution < -0.4 is 15.0 Å². The molecule has 1 saturated heterocycles. The highest BCUT2D eigenvalue weighted by Crippen LogP contribution is 2.38. The van der Waals surface area contributed by atoms with Crippen molar-refractivity contribution in [3.8, 4) is 5.75 Å². The van der Waals surface area contributed by atoms with E-state index in [4.69, 9.17) is 4.74 Å². The quantitative estimate of drug-likeness (QED) is 0.276. The smallest absolute Gasteiger partial charge is 0.423 e. The molecule has 1 aromatic heterocycles. The van der Waals surface area contributed by atoms with E-state index in [0.29, 0.717) is 0 Å². The first kappa shape index (κ1) is 28.4. The molecular weight excluding hydrogens is 523 g/mol. The number of nitro groups is 1. The van der Waals surface area contributed by atoms with E-state index < -0.39 is 22.4 Å². The van der Waals surface area contributed by atoms with Crippen molar-refractivity contribution in [3.63, 3.8) is 0 Å². The fraction of sp³-hybridized carbons (Fsp3) is 0.621. The van der Waals surface area contributed by atoms with Crippen molar-refractivity contribution < 1.29 is 22.8 Å². The van der Waals surface area contributed by atoms with Crippen LogP contribution in [0.3, 0.4) is 0 Å². The second-order valence-electron chi connectivity index (χ2n) is 11.3. The Hall–Kier alpha value is -3.08. The first-order chi connectivity index (χ1) is 19.2. The second-order valence-corrected chi connectivity index (χ2v) is 11.3. The molecule has 0 radical (unpaired) electrons. The van der Waals surface area contributed by atoms with E-state index in [1.165, 1.54) is 44.7 Å². The molecule has 2 heterocycles. The van der Waals surface area contributed by atoms with Gasteiger partial charge in [-0.15, -0.1) is 0 Å². The number of hydrogen-bond donors (Lipinski definition) is 1. The molecule has 8 nitrogen and oxygen atoms in total. The molecule has 40 heavy (non-hydrogen) atoms. The van der Waals surface area contributed by atoms with Gasteiger partial charge in [0.25, 0.3) is 5.69 Å². The van der Waals surface area contributed by atoms with Crippen molar-refractivity contribution in [1.82, 2.24) is 9.88 Å². The molecule has 11 heteroatoms. The van der Waals surface area contributed by atoms with Crippen molar-refractivity contribution in [2.24, 2.45) is 5.92 Å². The Morgan fingerprint density at radius 1 is 1.00 bits per heavy atom. The van der Waals surface area contributed by atoms with Gasteiger partial charge in [0.1, 0.15) is 17.1 Å². The third-order valence-corrected chi connectivity index (χ3v) is 8.59. The van der Waals surface area contributed by atoms with Crippen LogP contribution in [0.25, 0.3) is 0 Å². The number of anilines is 2. The van der Waals surface area contributed by atoms with Gasteiger partial charge in [-0.05, 0) is 62.8 Å². The number of alkyl halides is 3. The Labute approximate surface area is 233 Å². The zero-order valence-electron chi connectivity index (χ0n) is 22.7. The number of piperazine rings is 1. The minimum absolute atomic E-state index is 0.0170. The molecule has 1 aliphatic heterocycles. The Balaban J connectivity index is 1.08. The number of benzene rings is 1. The molecule has 1 aromatic carbocycles. The third-order valence-electron chi connectivity index (χ3n) is 8.59. The molecule has 2 saturated carbocycles. The Morgan fingerprint density at radius 3 is 2.40 bits per heavy atom. The van der Waals surface area contributed by atoms with Crippen LogP contribution in [-0.4, -0.2) is 59.7 Å². The van der Waals surface area contributed by atoms with Gasteiger partial charge in [0.2, 0.25) is 0 Å². The molecule has 0 amide bonds. The highest BCUT2D eigenvalue weighted by Gasteiger charge is 2.38. The van der Waals surface area contributed by atoms with E-state index in [9.17, 15) is 23.3 Å². The predicted molar refractivity (Wildman–Crippen MR) is 148 cm³/mol. The number of pyridine rings is 1. The van der Waals surface area contributed by atoms with E-state index >= 15 is 0 Å². The third kappa shape index (κ3) is 7.35. The minimum Gasteiger partial charge on any atom is -0.490 e. The Bertz CT molecular complexity index is 1140. The van der Waals surface area contributed by atoms with Crippen molar-refractivity contribution in [3.05, 3.63) is 52.2 Å². The Kier molecular flexibility index (Phi) is 8.97. The van der Waals surface area contributed by atoms with Gasteiger partial charge < -0.3 is 15.0 Å². The van der Waals surface area contributed by atoms with Gasteiger partial charge in [0.15, 0.2) is 0 Å². The van der Waals surface area contributed by atoms with Crippen LogP contribution in [0.4, 0.5) is 30.4 Å². The molecule has 0 spiro atoms. The number of aromatic nitrogens is 1. The van der Waals surface area contributed by atoms with Gasteiger partial charge in [-0.1, -0.05) is 25.7 Å². The number of nitro benzene ring substituents is 1. The standard InChI is InChI=1S/C29H38F3N5O3/c30-29(31,32)26-19-23(7-10-27(26)37(38)39)34-22-5-8-24(9-6-22)40-25-11-13-33-28(20-25)36-17-15-35(16-18-36)14-12-21-3-1-2-4-21/h7,10-11,13,19-22,24,34H,1-6,8-9,12,14-18H2. The molecule has 2 aliphatic carbocycles. The number of rotatable bonds is 9. The summed E-state index contributed by atoms with van der Waals surface area (Å²) >= 11 is 0. The molecule has 0 bridgehead atoms. The minimum atomic E-state index is -4.79. The van der Waals surface area contributed by atoms with Crippen molar-refractivity contribution in [2.45, 2.75) is 76.1 Å². The summed E-state index contributed by atoms with van der Waals surface area (Å²) in [5.74, 6) is 2.64. The summed E-state index contributed by atoms with van der Waals surface area (Å²) in [6.45, 7) is 5.21. The normalized spacial score (nSPS) is 22.8. The van der Waals surface area contributed by atoms with Gasteiger partial charge >= 0.3 is 6.18 Å². The molecule has 0 atom stereocenters. The lowest BCUT2D eigenvalue weighted by atomic mass is 9.92. The number of hydrogen-bond acceptors (Lipinski definition) is 7. The fourth-order valence-corrected chi connectivity index (χ4v) is 6.28. The highest BCUT2D eigenvalue weighted by atomic mass is 19.4. The van der Waals surface area contributed by atoms with Gasteiger partial charge in [-0.3, -0.25) is 15.0 Å². The first-order valence-electron chi connectivity index (χ1n) is 14.5.